The summed E-state index contributed by atoms with van der Waals surface area (Å²) in [6.07, 6.45) is 6.38. The molecular formula is C19H29N3O3. The smallest absolute Gasteiger partial charge is 0.253 e. The number of nitrogens with zero attached hydrogens (tertiary/aromatic N) is 3. The molecule has 1 N–H and O–H groups in total. The molecule has 1 aromatic rings. The molecule has 2 aliphatic rings. The lowest BCUT2D eigenvalue weighted by molar-refractivity contribution is -0.0415. The van der Waals surface area contributed by atoms with E-state index in [1.165, 1.54) is 0 Å². The normalized spacial score (nSPS) is 23.8. The zero-order chi connectivity index (χ0) is 17.7. The molecule has 2 saturated heterocycles. The summed E-state index contributed by atoms with van der Waals surface area (Å²) in [6.45, 7) is 5.42. The second kappa shape index (κ2) is 8.25. The van der Waals surface area contributed by atoms with E-state index in [2.05, 4.69) is 9.88 Å². The molecule has 1 spiro atoms. The second-order valence-corrected chi connectivity index (χ2v) is 7.31. The van der Waals surface area contributed by atoms with E-state index in [4.69, 9.17) is 4.74 Å². The van der Waals surface area contributed by atoms with Crippen LogP contribution in [0.5, 0.6) is 0 Å². The fraction of sp³-hybridized carbons (Fsp3) is 0.684. The molecule has 0 bridgehead atoms. The van der Waals surface area contributed by atoms with E-state index in [-0.39, 0.29) is 23.8 Å². The average Bonchev–Trinajstić information content (AvgIpc) is 2.68. The van der Waals surface area contributed by atoms with Crippen LogP contribution in [0.2, 0.25) is 0 Å². The molecular weight excluding hydrogens is 318 g/mol. The number of aromatic nitrogens is 1. The van der Waals surface area contributed by atoms with Crippen molar-refractivity contribution in [2.75, 3.05) is 53.0 Å². The van der Waals surface area contributed by atoms with Gasteiger partial charge in [0.25, 0.3) is 5.91 Å². The molecule has 1 amide bonds. The highest BCUT2D eigenvalue weighted by Crippen LogP contribution is 2.45. The van der Waals surface area contributed by atoms with Crippen molar-refractivity contribution < 1.29 is 14.6 Å². The molecule has 1 atom stereocenters. The summed E-state index contributed by atoms with van der Waals surface area (Å²) in [5.41, 5.74) is 0.881. The number of hydrogen-bond donors (Lipinski definition) is 1. The lowest BCUT2D eigenvalue weighted by Crippen LogP contribution is -2.54. The predicted molar refractivity (Wildman–Crippen MR) is 95.3 cm³/mol. The lowest BCUT2D eigenvalue weighted by atomic mass is 9.64. The molecule has 2 aliphatic heterocycles. The van der Waals surface area contributed by atoms with Crippen molar-refractivity contribution in [1.29, 1.82) is 0 Å². The van der Waals surface area contributed by atoms with Crippen molar-refractivity contribution in [3.8, 4) is 0 Å². The maximum absolute atomic E-state index is 12.6. The molecule has 1 aromatic heterocycles. The molecule has 6 heteroatoms. The van der Waals surface area contributed by atoms with Crippen LogP contribution in [0.3, 0.4) is 0 Å². The van der Waals surface area contributed by atoms with Crippen LogP contribution in [0.1, 0.15) is 29.6 Å². The first-order valence-electron chi connectivity index (χ1n) is 9.20. The van der Waals surface area contributed by atoms with E-state index in [9.17, 15) is 9.90 Å². The Morgan fingerprint density at radius 2 is 1.96 bits per heavy atom. The van der Waals surface area contributed by atoms with Crippen LogP contribution in [0.4, 0.5) is 0 Å². The number of hydrogen-bond acceptors (Lipinski definition) is 5. The molecule has 2 fully saturated rings. The minimum atomic E-state index is 0.0929. The van der Waals surface area contributed by atoms with Crippen molar-refractivity contribution in [3.63, 3.8) is 0 Å². The first-order chi connectivity index (χ1) is 12.2. The van der Waals surface area contributed by atoms with Gasteiger partial charge in [0, 0.05) is 63.8 Å². The Morgan fingerprint density at radius 1 is 1.28 bits per heavy atom. The van der Waals surface area contributed by atoms with Gasteiger partial charge in [-0.15, -0.1) is 0 Å². The number of aliphatic hydroxyl groups is 1. The van der Waals surface area contributed by atoms with Crippen LogP contribution in [0.15, 0.2) is 24.5 Å². The summed E-state index contributed by atoms with van der Waals surface area (Å²) >= 11 is 0. The molecule has 0 saturated carbocycles. The van der Waals surface area contributed by atoms with Gasteiger partial charge in [-0.2, -0.15) is 0 Å². The number of ether oxygens (including phenoxy) is 1. The molecule has 138 valence electrons. The summed E-state index contributed by atoms with van der Waals surface area (Å²) in [4.78, 5) is 20.9. The SMILES string of the molecule is COCCN1CCC2(CCN(C(=O)c3ccncc3)CC2)C(CO)C1. The minimum Gasteiger partial charge on any atom is -0.396 e. The molecule has 0 radical (unpaired) electrons. The summed E-state index contributed by atoms with van der Waals surface area (Å²) in [6, 6.07) is 3.55. The highest BCUT2D eigenvalue weighted by Gasteiger charge is 2.44. The fourth-order valence-corrected chi connectivity index (χ4v) is 4.35. The molecule has 0 aliphatic carbocycles. The Hall–Kier alpha value is -1.50. The van der Waals surface area contributed by atoms with Crippen LogP contribution in [-0.2, 0) is 4.74 Å². The van der Waals surface area contributed by atoms with E-state index < -0.39 is 0 Å². The van der Waals surface area contributed by atoms with E-state index in [0.717, 1.165) is 58.6 Å². The van der Waals surface area contributed by atoms with Gasteiger partial charge in [0.15, 0.2) is 0 Å². The molecule has 25 heavy (non-hydrogen) atoms. The summed E-state index contributed by atoms with van der Waals surface area (Å²) < 4.78 is 5.18. The van der Waals surface area contributed by atoms with Gasteiger partial charge in [-0.25, -0.2) is 0 Å². The number of methoxy groups -OCH3 is 1. The van der Waals surface area contributed by atoms with Crippen LogP contribution in [-0.4, -0.2) is 78.8 Å². The Kier molecular flexibility index (Phi) is 6.04. The topological polar surface area (TPSA) is 65.9 Å². The highest BCUT2D eigenvalue weighted by molar-refractivity contribution is 5.94. The Bertz CT molecular complexity index is 558. The summed E-state index contributed by atoms with van der Waals surface area (Å²) in [5.74, 6) is 0.381. The van der Waals surface area contributed by atoms with Gasteiger partial charge in [0.05, 0.1) is 6.61 Å². The van der Waals surface area contributed by atoms with Crippen molar-refractivity contribution >= 4 is 5.91 Å². The Balaban J connectivity index is 1.59. The molecule has 3 rings (SSSR count). The van der Waals surface area contributed by atoms with E-state index in [1.54, 1.807) is 31.6 Å². The number of likely N-dealkylation sites (tertiary alicyclic amines) is 2. The number of carbonyl (C=O) groups excluding carboxylic acids is 1. The fourth-order valence-electron chi connectivity index (χ4n) is 4.35. The molecule has 3 heterocycles. The van der Waals surface area contributed by atoms with Gasteiger partial charge in [0.2, 0.25) is 0 Å². The molecule has 6 nitrogen and oxygen atoms in total. The third kappa shape index (κ3) is 4.02. The van der Waals surface area contributed by atoms with Gasteiger partial charge >= 0.3 is 0 Å². The zero-order valence-electron chi connectivity index (χ0n) is 15.1. The molecule has 0 aromatic carbocycles. The summed E-state index contributed by atoms with van der Waals surface area (Å²) in [5, 5.41) is 9.96. The quantitative estimate of drug-likeness (QED) is 0.869. The highest BCUT2D eigenvalue weighted by atomic mass is 16.5. The van der Waals surface area contributed by atoms with Crippen molar-refractivity contribution in [2.45, 2.75) is 19.3 Å². The lowest BCUT2D eigenvalue weighted by Gasteiger charge is -2.51. The van der Waals surface area contributed by atoms with Gasteiger partial charge in [-0.1, -0.05) is 0 Å². The molecule has 1 unspecified atom stereocenters. The number of pyridine rings is 1. The number of piperidine rings is 2. The second-order valence-electron chi connectivity index (χ2n) is 7.31. The van der Waals surface area contributed by atoms with E-state index in [0.29, 0.717) is 5.56 Å². The van der Waals surface area contributed by atoms with Crippen molar-refractivity contribution in [2.24, 2.45) is 11.3 Å². The van der Waals surface area contributed by atoms with Gasteiger partial charge in [-0.3, -0.25) is 9.78 Å². The van der Waals surface area contributed by atoms with E-state index in [1.807, 2.05) is 4.90 Å². The maximum atomic E-state index is 12.6. The number of carbonyl (C=O) groups is 1. The third-order valence-corrected chi connectivity index (χ3v) is 6.08. The first kappa shape index (κ1) is 18.3. The number of aliphatic hydroxyl groups excluding tert-OH is 1. The van der Waals surface area contributed by atoms with Crippen LogP contribution >= 0.6 is 0 Å². The largest absolute Gasteiger partial charge is 0.396 e. The third-order valence-electron chi connectivity index (χ3n) is 6.08. The van der Waals surface area contributed by atoms with Crippen molar-refractivity contribution in [3.05, 3.63) is 30.1 Å². The van der Waals surface area contributed by atoms with Gasteiger partial charge < -0.3 is 19.6 Å². The van der Waals surface area contributed by atoms with E-state index >= 15 is 0 Å². The number of rotatable bonds is 5. The zero-order valence-corrected chi connectivity index (χ0v) is 15.1. The Labute approximate surface area is 149 Å². The number of amides is 1. The Morgan fingerprint density at radius 3 is 2.60 bits per heavy atom. The minimum absolute atomic E-state index is 0.0929. The van der Waals surface area contributed by atoms with Gasteiger partial charge in [-0.05, 0) is 43.4 Å². The van der Waals surface area contributed by atoms with Crippen LogP contribution < -0.4 is 0 Å². The standard InChI is InChI=1S/C19H29N3O3/c1-25-13-12-21-9-4-19(17(14-21)15-23)5-10-22(11-6-19)18(24)16-2-7-20-8-3-16/h2-3,7-8,17,23H,4-6,9-15H2,1H3. The van der Waals surface area contributed by atoms with Crippen LogP contribution in [0.25, 0.3) is 0 Å². The summed E-state index contributed by atoms with van der Waals surface area (Å²) in [7, 11) is 1.73. The monoisotopic (exact) mass is 347 g/mol. The van der Waals surface area contributed by atoms with Gasteiger partial charge in [0.1, 0.15) is 0 Å². The first-order valence-corrected chi connectivity index (χ1v) is 9.20. The average molecular weight is 347 g/mol. The van der Waals surface area contributed by atoms with Crippen molar-refractivity contribution in [1.82, 2.24) is 14.8 Å². The maximum Gasteiger partial charge on any atom is 0.253 e. The predicted octanol–water partition coefficient (Wildman–Crippen LogP) is 1.26. The van der Waals surface area contributed by atoms with Crippen LogP contribution in [0, 0.1) is 11.3 Å².